The lowest BCUT2D eigenvalue weighted by molar-refractivity contribution is -0.153. The van der Waals surface area contributed by atoms with E-state index in [1.165, 1.54) is 12.1 Å². The Labute approximate surface area is 141 Å². The largest absolute Gasteiger partial charge is 0.484 e. The van der Waals surface area contributed by atoms with Gasteiger partial charge < -0.3 is 15.0 Å². The molecule has 1 aromatic rings. The van der Waals surface area contributed by atoms with Gasteiger partial charge in [0.15, 0.2) is 12.6 Å². The van der Waals surface area contributed by atoms with Gasteiger partial charge in [-0.1, -0.05) is 18.2 Å². The summed E-state index contributed by atoms with van der Waals surface area (Å²) in [6.07, 6.45) is -0.512. The summed E-state index contributed by atoms with van der Waals surface area (Å²) >= 11 is 0. The minimum atomic E-state index is -4.33. The molecule has 24 heavy (non-hydrogen) atoms. The van der Waals surface area contributed by atoms with Gasteiger partial charge in [0.25, 0.3) is 0 Å². The van der Waals surface area contributed by atoms with Gasteiger partial charge in [0.05, 0.1) is 0 Å². The summed E-state index contributed by atoms with van der Waals surface area (Å²) in [7, 11) is 3.66. The molecule has 0 aromatic heterocycles. The van der Waals surface area contributed by atoms with Crippen LogP contribution < -0.4 is 10.1 Å². The van der Waals surface area contributed by atoms with Gasteiger partial charge in [-0.05, 0) is 30.5 Å². The maximum atomic E-state index is 12.1. The number of rotatable bonds is 8. The van der Waals surface area contributed by atoms with Crippen LogP contribution >= 0.6 is 0 Å². The van der Waals surface area contributed by atoms with E-state index < -0.39 is 12.8 Å². The summed E-state index contributed by atoms with van der Waals surface area (Å²) in [5.74, 6) is 0.957. The molecule has 0 amide bonds. The summed E-state index contributed by atoms with van der Waals surface area (Å²) < 4.78 is 41.0. The Balaban J connectivity index is 2.46. The number of unbranched alkanes of at least 4 members (excludes halogenated alkanes) is 1. The zero-order valence-electron chi connectivity index (χ0n) is 14.1. The second-order valence-corrected chi connectivity index (χ2v) is 5.30. The van der Waals surface area contributed by atoms with Crippen LogP contribution in [0.4, 0.5) is 13.2 Å². The van der Waals surface area contributed by atoms with Crippen molar-refractivity contribution in [2.75, 3.05) is 27.2 Å². The highest BCUT2D eigenvalue weighted by Gasteiger charge is 2.28. The van der Waals surface area contributed by atoms with Crippen molar-refractivity contribution in [3.05, 3.63) is 42.5 Å². The van der Waals surface area contributed by atoms with Gasteiger partial charge >= 0.3 is 6.18 Å². The van der Waals surface area contributed by atoms with Crippen LogP contribution in [0.5, 0.6) is 5.75 Å². The average Bonchev–Trinajstić information content (AvgIpc) is 2.54. The molecular formula is C17H24F3N3O. The van der Waals surface area contributed by atoms with Gasteiger partial charge in [0.2, 0.25) is 0 Å². The Morgan fingerprint density at radius 1 is 1.33 bits per heavy atom. The fraction of sp³-hybridized carbons (Fsp3) is 0.471. The molecule has 0 unspecified atom stereocenters. The molecule has 0 radical (unpaired) electrons. The number of allylic oxidation sites excluding steroid dienone is 1. The lowest BCUT2D eigenvalue weighted by Gasteiger charge is -2.22. The Hall–Kier alpha value is -2.18. The summed E-state index contributed by atoms with van der Waals surface area (Å²) in [5.41, 5.74) is 0.926. The molecule has 0 aliphatic carbocycles. The summed E-state index contributed by atoms with van der Waals surface area (Å²) in [4.78, 5) is 6.23. The molecule has 134 valence electrons. The topological polar surface area (TPSA) is 36.9 Å². The van der Waals surface area contributed by atoms with E-state index in [1.54, 1.807) is 19.2 Å². The molecule has 4 nitrogen and oxygen atoms in total. The van der Waals surface area contributed by atoms with Crippen LogP contribution in [0.25, 0.3) is 0 Å². The number of hydrogen-bond donors (Lipinski definition) is 1. The molecule has 0 fully saturated rings. The van der Waals surface area contributed by atoms with Crippen LogP contribution in [0, 0.1) is 0 Å². The Bertz CT molecular complexity index is 527. The number of nitrogens with zero attached hydrogens (tertiary/aromatic N) is 2. The van der Waals surface area contributed by atoms with E-state index in [-0.39, 0.29) is 5.75 Å². The number of aliphatic imine (C=N–C) groups is 1. The monoisotopic (exact) mass is 343 g/mol. The second-order valence-electron chi connectivity index (χ2n) is 5.30. The normalized spacial score (nSPS) is 12.0. The van der Waals surface area contributed by atoms with Crippen molar-refractivity contribution in [2.45, 2.75) is 25.6 Å². The van der Waals surface area contributed by atoms with Crippen molar-refractivity contribution in [1.29, 1.82) is 0 Å². The maximum absolute atomic E-state index is 12.1. The third-order valence-electron chi connectivity index (χ3n) is 3.25. The number of benzene rings is 1. The number of guanidine groups is 1. The van der Waals surface area contributed by atoms with Crippen molar-refractivity contribution in [3.8, 4) is 5.75 Å². The molecular weight excluding hydrogens is 319 g/mol. The molecule has 0 spiro atoms. The Kier molecular flexibility index (Phi) is 8.15. The van der Waals surface area contributed by atoms with E-state index in [2.05, 4.69) is 21.6 Å². The zero-order chi connectivity index (χ0) is 18.0. The number of nitrogens with one attached hydrogen (secondary N) is 1. The van der Waals surface area contributed by atoms with Gasteiger partial charge in [0.1, 0.15) is 5.75 Å². The molecule has 0 aliphatic rings. The second kappa shape index (κ2) is 9.85. The van der Waals surface area contributed by atoms with Crippen molar-refractivity contribution in [1.82, 2.24) is 10.2 Å². The van der Waals surface area contributed by atoms with Crippen LogP contribution in [-0.2, 0) is 6.54 Å². The molecule has 0 heterocycles. The first-order chi connectivity index (χ1) is 11.4. The number of hydrogen-bond acceptors (Lipinski definition) is 2. The van der Waals surface area contributed by atoms with Crippen molar-refractivity contribution >= 4 is 5.96 Å². The SMILES string of the molecule is C=CCCCN(C)C(=NC)NCc1ccc(OCC(F)(F)F)cc1. The minimum absolute atomic E-state index is 0.196. The first-order valence-corrected chi connectivity index (χ1v) is 7.67. The highest BCUT2D eigenvalue weighted by atomic mass is 19.4. The van der Waals surface area contributed by atoms with Crippen LogP contribution in [0.15, 0.2) is 41.9 Å². The number of halogens is 3. The van der Waals surface area contributed by atoms with E-state index in [0.29, 0.717) is 6.54 Å². The van der Waals surface area contributed by atoms with Gasteiger partial charge in [-0.2, -0.15) is 13.2 Å². The van der Waals surface area contributed by atoms with Crippen LogP contribution in [-0.4, -0.2) is 44.3 Å². The van der Waals surface area contributed by atoms with Crippen LogP contribution in [0.2, 0.25) is 0 Å². The number of ether oxygens (including phenoxy) is 1. The lowest BCUT2D eigenvalue weighted by Crippen LogP contribution is -2.38. The van der Waals surface area contributed by atoms with E-state index in [9.17, 15) is 13.2 Å². The van der Waals surface area contributed by atoms with E-state index in [0.717, 1.165) is 30.9 Å². The van der Waals surface area contributed by atoms with Crippen LogP contribution in [0.3, 0.4) is 0 Å². The third kappa shape index (κ3) is 7.89. The molecule has 1 aromatic carbocycles. The molecule has 7 heteroatoms. The van der Waals surface area contributed by atoms with E-state index >= 15 is 0 Å². The highest BCUT2D eigenvalue weighted by molar-refractivity contribution is 5.79. The van der Waals surface area contributed by atoms with Gasteiger partial charge in [-0.15, -0.1) is 6.58 Å². The Morgan fingerprint density at radius 3 is 2.54 bits per heavy atom. The average molecular weight is 343 g/mol. The molecule has 0 saturated carbocycles. The van der Waals surface area contributed by atoms with Gasteiger partial charge in [-0.25, -0.2) is 0 Å². The molecule has 0 atom stereocenters. The van der Waals surface area contributed by atoms with Gasteiger partial charge in [-0.3, -0.25) is 4.99 Å². The lowest BCUT2D eigenvalue weighted by atomic mass is 10.2. The van der Waals surface area contributed by atoms with E-state index in [1.807, 2.05) is 18.0 Å². The summed E-state index contributed by atoms with van der Waals surface area (Å²) in [6, 6.07) is 6.51. The fourth-order valence-corrected chi connectivity index (χ4v) is 2.01. The summed E-state index contributed by atoms with van der Waals surface area (Å²) in [6.45, 7) is 3.79. The molecule has 0 saturated heterocycles. The summed E-state index contributed by atoms with van der Waals surface area (Å²) in [5, 5.41) is 3.22. The Morgan fingerprint density at radius 2 is 2.00 bits per heavy atom. The zero-order valence-corrected chi connectivity index (χ0v) is 14.1. The maximum Gasteiger partial charge on any atom is 0.422 e. The quantitative estimate of drug-likeness (QED) is 0.339. The van der Waals surface area contributed by atoms with Crippen LogP contribution in [0.1, 0.15) is 18.4 Å². The smallest absolute Gasteiger partial charge is 0.422 e. The van der Waals surface area contributed by atoms with Gasteiger partial charge in [0, 0.05) is 27.2 Å². The standard InChI is InChI=1S/C17H24F3N3O/c1-4-5-6-11-23(3)16(21-2)22-12-14-7-9-15(10-8-14)24-13-17(18,19)20/h4,7-10H,1,5-6,11-13H2,2-3H3,(H,21,22). The number of alkyl halides is 3. The van der Waals surface area contributed by atoms with E-state index in [4.69, 9.17) is 0 Å². The molecule has 1 N–H and O–H groups in total. The van der Waals surface area contributed by atoms with Crippen molar-refractivity contribution < 1.29 is 17.9 Å². The third-order valence-corrected chi connectivity index (χ3v) is 3.25. The predicted octanol–water partition coefficient (Wildman–Crippen LogP) is 3.60. The predicted molar refractivity (Wildman–Crippen MR) is 90.3 cm³/mol. The highest BCUT2D eigenvalue weighted by Crippen LogP contribution is 2.18. The molecule has 0 bridgehead atoms. The first-order valence-electron chi connectivity index (χ1n) is 7.67. The molecule has 0 aliphatic heterocycles. The first kappa shape index (κ1) is 19.9. The van der Waals surface area contributed by atoms with Crippen molar-refractivity contribution in [3.63, 3.8) is 0 Å². The minimum Gasteiger partial charge on any atom is -0.484 e. The van der Waals surface area contributed by atoms with Crippen molar-refractivity contribution in [2.24, 2.45) is 4.99 Å². The fourth-order valence-electron chi connectivity index (χ4n) is 2.01. The molecule has 1 rings (SSSR count).